The molecule has 1 aromatic heterocycles. The number of hydrogen-bond donors (Lipinski definition) is 2. The van der Waals surface area contributed by atoms with Crippen molar-refractivity contribution >= 4 is 34.3 Å². The second-order valence-electron chi connectivity index (χ2n) is 6.87. The van der Waals surface area contributed by atoms with Crippen molar-refractivity contribution in [3.63, 3.8) is 0 Å². The molecule has 0 bridgehead atoms. The summed E-state index contributed by atoms with van der Waals surface area (Å²) >= 11 is 1.03. The van der Waals surface area contributed by atoms with Gasteiger partial charge in [0.1, 0.15) is 9.88 Å². The first-order valence-electron chi connectivity index (χ1n) is 9.42. The molecule has 0 saturated heterocycles. The van der Waals surface area contributed by atoms with E-state index in [0.717, 1.165) is 37.0 Å². The number of carbonyl (C=O) groups is 3. The van der Waals surface area contributed by atoms with E-state index in [2.05, 4.69) is 10.6 Å². The first-order chi connectivity index (χ1) is 12.8. The molecule has 0 atom stereocenters. The van der Waals surface area contributed by atoms with E-state index in [4.69, 9.17) is 9.47 Å². The molecule has 8 heteroatoms. The minimum atomic E-state index is -0.567. The summed E-state index contributed by atoms with van der Waals surface area (Å²) in [5, 5.41) is 5.97. The fraction of sp³-hybridized carbons (Fsp3) is 0.632. The molecule has 0 radical (unpaired) electrons. The Bertz CT molecular complexity index is 693. The minimum absolute atomic E-state index is 0.135. The van der Waals surface area contributed by atoms with Crippen molar-refractivity contribution < 1.29 is 23.9 Å². The summed E-state index contributed by atoms with van der Waals surface area (Å²) in [6.45, 7) is 7.07. The molecule has 1 aliphatic carbocycles. The Labute approximate surface area is 163 Å². The van der Waals surface area contributed by atoms with E-state index in [-0.39, 0.29) is 30.3 Å². The zero-order valence-electron chi connectivity index (χ0n) is 16.3. The summed E-state index contributed by atoms with van der Waals surface area (Å²) in [5.41, 5.74) is 0.661. The number of nitrogens with one attached hydrogen (secondary N) is 2. The van der Waals surface area contributed by atoms with E-state index in [9.17, 15) is 14.4 Å². The summed E-state index contributed by atoms with van der Waals surface area (Å²) in [4.78, 5) is 37.4. The molecule has 0 spiro atoms. The number of carbonyl (C=O) groups excluding carboxylic acids is 3. The van der Waals surface area contributed by atoms with Crippen molar-refractivity contribution in [2.45, 2.75) is 71.9 Å². The summed E-state index contributed by atoms with van der Waals surface area (Å²) < 4.78 is 10.3. The monoisotopic (exact) mass is 396 g/mol. The molecule has 2 amide bonds. The van der Waals surface area contributed by atoms with Crippen LogP contribution in [0.4, 0.5) is 9.80 Å². The number of anilines is 1. The average molecular weight is 397 g/mol. The van der Waals surface area contributed by atoms with Crippen LogP contribution in [0.5, 0.6) is 0 Å². The fourth-order valence-electron chi connectivity index (χ4n) is 3.08. The van der Waals surface area contributed by atoms with E-state index in [1.165, 1.54) is 6.42 Å². The van der Waals surface area contributed by atoms with E-state index < -0.39 is 11.9 Å². The van der Waals surface area contributed by atoms with Crippen molar-refractivity contribution in [1.29, 1.82) is 0 Å². The maximum Gasteiger partial charge on any atom is 0.348 e. The van der Waals surface area contributed by atoms with E-state index in [1.807, 2.05) is 0 Å². The zero-order chi connectivity index (χ0) is 20.0. The van der Waals surface area contributed by atoms with Crippen molar-refractivity contribution in [2.24, 2.45) is 0 Å². The molecule has 0 unspecified atom stereocenters. The van der Waals surface area contributed by atoms with Crippen LogP contribution in [0, 0.1) is 6.92 Å². The number of thiophene rings is 1. The Morgan fingerprint density at radius 3 is 2.41 bits per heavy atom. The average Bonchev–Trinajstić information content (AvgIpc) is 2.91. The zero-order valence-corrected chi connectivity index (χ0v) is 17.2. The Morgan fingerprint density at radius 1 is 1.15 bits per heavy atom. The standard InChI is InChI=1S/C19H28N2O5S/c1-5-25-17(22)14-12(4)15(18(23)26-11(2)3)27-16(14)21-19(24)20-13-9-7-6-8-10-13/h11,13H,5-10H2,1-4H3,(H2,20,21,24). The highest BCUT2D eigenvalue weighted by atomic mass is 32.1. The maximum absolute atomic E-state index is 12.4. The molecule has 0 aromatic carbocycles. The molecule has 1 fully saturated rings. The SMILES string of the molecule is CCOC(=O)c1c(NC(=O)NC2CCCCC2)sc(C(=O)OC(C)C)c1C. The molecule has 2 rings (SSSR count). The Hall–Kier alpha value is -2.09. The lowest BCUT2D eigenvalue weighted by molar-refractivity contribution is 0.0383. The van der Waals surface area contributed by atoms with E-state index in [1.54, 1.807) is 27.7 Å². The number of rotatable bonds is 6. The molecule has 7 nitrogen and oxygen atoms in total. The molecule has 1 aliphatic rings. The van der Waals surface area contributed by atoms with Gasteiger partial charge in [0.25, 0.3) is 0 Å². The first kappa shape index (κ1) is 21.2. The highest BCUT2D eigenvalue weighted by Gasteiger charge is 2.28. The lowest BCUT2D eigenvalue weighted by atomic mass is 9.96. The van der Waals surface area contributed by atoms with Gasteiger partial charge in [-0.25, -0.2) is 14.4 Å². The summed E-state index contributed by atoms with van der Waals surface area (Å²) in [6.07, 6.45) is 5.01. The summed E-state index contributed by atoms with van der Waals surface area (Å²) in [5.74, 6) is -1.08. The predicted molar refractivity (Wildman–Crippen MR) is 105 cm³/mol. The minimum Gasteiger partial charge on any atom is -0.462 e. The molecule has 150 valence electrons. The van der Waals surface area contributed by atoms with E-state index >= 15 is 0 Å². The van der Waals surface area contributed by atoms with Crippen LogP contribution < -0.4 is 10.6 Å². The topological polar surface area (TPSA) is 93.7 Å². The Morgan fingerprint density at radius 2 is 1.81 bits per heavy atom. The summed E-state index contributed by atoms with van der Waals surface area (Å²) in [6, 6.07) is -0.242. The highest BCUT2D eigenvalue weighted by molar-refractivity contribution is 7.18. The third-order valence-corrected chi connectivity index (χ3v) is 5.51. The van der Waals surface area contributed by atoms with Crippen molar-refractivity contribution in [1.82, 2.24) is 5.32 Å². The number of ether oxygens (including phenoxy) is 2. The van der Waals surface area contributed by atoms with Crippen molar-refractivity contribution in [3.8, 4) is 0 Å². The van der Waals surface area contributed by atoms with E-state index in [0.29, 0.717) is 15.4 Å². The molecule has 1 saturated carbocycles. The molecular weight excluding hydrogens is 368 g/mol. The van der Waals surface area contributed by atoms with Crippen LogP contribution in [-0.2, 0) is 9.47 Å². The van der Waals surface area contributed by atoms with Gasteiger partial charge >= 0.3 is 18.0 Å². The van der Waals surface area contributed by atoms with Gasteiger partial charge in [0.05, 0.1) is 18.3 Å². The quantitative estimate of drug-likeness (QED) is 0.701. The van der Waals surface area contributed by atoms with Gasteiger partial charge in [-0.2, -0.15) is 0 Å². The molecule has 0 aliphatic heterocycles. The second-order valence-corrected chi connectivity index (χ2v) is 7.89. The van der Waals surface area contributed by atoms with Crippen LogP contribution in [0.3, 0.4) is 0 Å². The van der Waals surface area contributed by atoms with Crippen LogP contribution in [0.2, 0.25) is 0 Å². The number of esters is 2. The molecule has 1 heterocycles. The van der Waals surface area contributed by atoms with Gasteiger partial charge < -0.3 is 14.8 Å². The third kappa shape index (κ3) is 5.69. The largest absolute Gasteiger partial charge is 0.462 e. The van der Waals surface area contributed by atoms with Gasteiger partial charge in [0, 0.05) is 6.04 Å². The third-order valence-electron chi connectivity index (χ3n) is 4.32. The van der Waals surface area contributed by atoms with Crippen LogP contribution >= 0.6 is 11.3 Å². The van der Waals surface area contributed by atoms with Crippen LogP contribution in [0.25, 0.3) is 0 Å². The van der Waals surface area contributed by atoms with Gasteiger partial charge in [-0.3, -0.25) is 5.32 Å². The predicted octanol–water partition coefficient (Wildman–Crippen LogP) is 4.25. The normalized spacial score (nSPS) is 14.7. The van der Waals surface area contributed by atoms with Crippen molar-refractivity contribution in [3.05, 3.63) is 16.0 Å². The number of hydrogen-bond acceptors (Lipinski definition) is 6. The summed E-state index contributed by atoms with van der Waals surface area (Å²) in [7, 11) is 0. The second kappa shape index (κ2) is 9.73. The number of amides is 2. The molecular formula is C19H28N2O5S. The van der Waals surface area contributed by atoms with Gasteiger partial charge in [-0.05, 0) is 46.1 Å². The van der Waals surface area contributed by atoms with Gasteiger partial charge in [0.2, 0.25) is 0 Å². The first-order valence-corrected chi connectivity index (χ1v) is 10.2. The maximum atomic E-state index is 12.4. The molecule has 27 heavy (non-hydrogen) atoms. The van der Waals surface area contributed by atoms with Crippen LogP contribution in [-0.4, -0.2) is 36.7 Å². The molecule has 2 N–H and O–H groups in total. The van der Waals surface area contributed by atoms with Gasteiger partial charge in [-0.15, -0.1) is 11.3 Å². The van der Waals surface area contributed by atoms with Crippen molar-refractivity contribution in [2.75, 3.05) is 11.9 Å². The Balaban J connectivity index is 2.22. The molecule has 1 aromatic rings. The van der Waals surface area contributed by atoms with Crippen LogP contribution in [0.15, 0.2) is 0 Å². The fourth-order valence-corrected chi connectivity index (χ4v) is 4.16. The lowest BCUT2D eigenvalue weighted by Gasteiger charge is -2.22. The Kier molecular flexibility index (Phi) is 7.65. The van der Waals surface area contributed by atoms with Gasteiger partial charge in [0.15, 0.2) is 0 Å². The van der Waals surface area contributed by atoms with Crippen LogP contribution in [0.1, 0.15) is 78.5 Å². The lowest BCUT2D eigenvalue weighted by Crippen LogP contribution is -2.39. The number of urea groups is 1. The smallest absolute Gasteiger partial charge is 0.348 e. The highest BCUT2D eigenvalue weighted by Crippen LogP contribution is 2.34. The van der Waals surface area contributed by atoms with Gasteiger partial charge in [-0.1, -0.05) is 19.3 Å².